The average molecular weight is 431 g/mol. The molecule has 1 aromatic heterocycles. The predicted molar refractivity (Wildman–Crippen MR) is 127 cm³/mol. The zero-order chi connectivity index (χ0) is 22.5. The Bertz CT molecular complexity index is 1140. The fourth-order valence-electron chi connectivity index (χ4n) is 4.22. The highest BCUT2D eigenvalue weighted by Crippen LogP contribution is 2.22. The van der Waals surface area contributed by atoms with Gasteiger partial charge in [0, 0.05) is 25.7 Å². The van der Waals surface area contributed by atoms with E-state index in [1.54, 1.807) is 12.3 Å². The van der Waals surface area contributed by atoms with E-state index in [-0.39, 0.29) is 17.4 Å². The molecule has 0 spiro atoms. The predicted octanol–water partition coefficient (Wildman–Crippen LogP) is 3.44. The maximum atomic E-state index is 12.8. The van der Waals surface area contributed by atoms with Crippen LogP contribution in [0, 0.1) is 19.8 Å². The summed E-state index contributed by atoms with van der Waals surface area (Å²) in [6.07, 6.45) is 3.50. The van der Waals surface area contributed by atoms with E-state index >= 15 is 0 Å². The quantitative estimate of drug-likeness (QED) is 0.651. The molecule has 6 heteroatoms. The van der Waals surface area contributed by atoms with E-state index in [1.165, 1.54) is 15.8 Å². The molecule has 0 unspecified atom stereocenters. The topological polar surface area (TPSA) is 67.2 Å². The number of piperidine rings is 1. The molecule has 0 aliphatic carbocycles. The third kappa shape index (κ3) is 5.25. The number of hydrogen-bond donors (Lipinski definition) is 1. The second kappa shape index (κ2) is 9.81. The molecule has 0 radical (unpaired) electrons. The standard InChI is InChI=1S/C26H30N4O2/c1-19-10-11-20(2)23(13-19)15-27-26(32)22-9-6-12-29(18-22)24-14-25(31)30(28-16-24)17-21-7-4-3-5-8-21/h3-5,7-8,10-11,13-14,16,22H,6,9,12,15,17-18H2,1-2H3,(H,27,32)/t22-/m0/s1. The van der Waals surface area contributed by atoms with Gasteiger partial charge in [0.1, 0.15) is 0 Å². The Hall–Kier alpha value is -3.41. The van der Waals surface area contributed by atoms with Crippen LogP contribution in [0.1, 0.15) is 35.1 Å². The first kappa shape index (κ1) is 21.8. The van der Waals surface area contributed by atoms with Gasteiger partial charge in [0.05, 0.1) is 24.3 Å². The van der Waals surface area contributed by atoms with Crippen molar-refractivity contribution in [3.8, 4) is 0 Å². The summed E-state index contributed by atoms with van der Waals surface area (Å²) in [4.78, 5) is 27.6. The van der Waals surface area contributed by atoms with Gasteiger partial charge >= 0.3 is 0 Å². The Labute approximate surface area is 188 Å². The van der Waals surface area contributed by atoms with Crippen molar-refractivity contribution in [1.29, 1.82) is 0 Å². The van der Waals surface area contributed by atoms with Gasteiger partial charge < -0.3 is 10.2 Å². The first-order valence-corrected chi connectivity index (χ1v) is 11.2. The first-order chi connectivity index (χ1) is 15.5. The molecule has 1 amide bonds. The monoisotopic (exact) mass is 430 g/mol. The number of aryl methyl sites for hydroxylation is 2. The molecular formula is C26H30N4O2. The maximum Gasteiger partial charge on any atom is 0.269 e. The number of amides is 1. The number of aromatic nitrogens is 2. The molecule has 1 N–H and O–H groups in total. The van der Waals surface area contributed by atoms with Crippen LogP contribution in [0.4, 0.5) is 5.69 Å². The van der Waals surface area contributed by atoms with Gasteiger partial charge in [-0.2, -0.15) is 5.10 Å². The molecule has 6 nitrogen and oxygen atoms in total. The molecule has 0 bridgehead atoms. The molecule has 1 aliphatic rings. The fourth-order valence-corrected chi connectivity index (χ4v) is 4.22. The largest absolute Gasteiger partial charge is 0.369 e. The molecule has 4 rings (SSSR count). The lowest BCUT2D eigenvalue weighted by Gasteiger charge is -2.33. The summed E-state index contributed by atoms with van der Waals surface area (Å²) in [5.74, 6) is -0.0263. The zero-order valence-corrected chi connectivity index (χ0v) is 18.8. The second-order valence-electron chi connectivity index (χ2n) is 8.63. The first-order valence-electron chi connectivity index (χ1n) is 11.2. The number of benzene rings is 2. The SMILES string of the molecule is Cc1ccc(C)c(CNC(=O)[C@H]2CCCN(c3cnn(Cc4ccccc4)c(=O)c3)C2)c1. The highest BCUT2D eigenvalue weighted by Gasteiger charge is 2.26. The number of hydrogen-bond acceptors (Lipinski definition) is 4. The van der Waals surface area contributed by atoms with Crippen LogP contribution in [0.25, 0.3) is 0 Å². The van der Waals surface area contributed by atoms with Gasteiger partial charge in [0.2, 0.25) is 5.91 Å². The van der Waals surface area contributed by atoms with Gasteiger partial charge in [0.15, 0.2) is 0 Å². The smallest absolute Gasteiger partial charge is 0.269 e. The van der Waals surface area contributed by atoms with Gasteiger partial charge in [-0.3, -0.25) is 9.59 Å². The van der Waals surface area contributed by atoms with Gasteiger partial charge in [-0.1, -0.05) is 54.1 Å². The van der Waals surface area contributed by atoms with E-state index in [4.69, 9.17) is 0 Å². The van der Waals surface area contributed by atoms with Crippen LogP contribution in [0.3, 0.4) is 0 Å². The zero-order valence-electron chi connectivity index (χ0n) is 18.8. The number of nitrogens with zero attached hydrogens (tertiary/aromatic N) is 3. The molecular weight excluding hydrogens is 400 g/mol. The molecule has 1 aliphatic heterocycles. The van der Waals surface area contributed by atoms with Gasteiger partial charge in [-0.15, -0.1) is 0 Å². The molecule has 0 saturated carbocycles. The number of anilines is 1. The number of carbonyl (C=O) groups excluding carboxylic acids is 1. The molecule has 2 aromatic carbocycles. The van der Waals surface area contributed by atoms with Crippen LogP contribution in [-0.2, 0) is 17.9 Å². The highest BCUT2D eigenvalue weighted by atomic mass is 16.2. The molecule has 1 atom stereocenters. The molecule has 3 aromatic rings. The summed E-state index contributed by atoms with van der Waals surface area (Å²) in [6, 6.07) is 17.7. The lowest BCUT2D eigenvalue weighted by molar-refractivity contribution is -0.125. The minimum absolute atomic E-state index is 0.0704. The summed E-state index contributed by atoms with van der Waals surface area (Å²) in [6.45, 7) is 6.54. The molecule has 1 fully saturated rings. The summed E-state index contributed by atoms with van der Waals surface area (Å²) in [5, 5.41) is 7.48. The van der Waals surface area contributed by atoms with E-state index in [0.717, 1.165) is 36.2 Å². The average Bonchev–Trinajstić information content (AvgIpc) is 2.81. The van der Waals surface area contributed by atoms with Crippen LogP contribution in [-0.4, -0.2) is 28.8 Å². The van der Waals surface area contributed by atoms with Gasteiger partial charge in [-0.25, -0.2) is 4.68 Å². The second-order valence-corrected chi connectivity index (χ2v) is 8.63. The Kier molecular flexibility index (Phi) is 6.69. The van der Waals surface area contributed by atoms with E-state index in [0.29, 0.717) is 19.6 Å². The fraction of sp³-hybridized carbons (Fsp3) is 0.346. The third-order valence-electron chi connectivity index (χ3n) is 6.15. The van der Waals surface area contributed by atoms with Crippen LogP contribution in [0.2, 0.25) is 0 Å². The lowest BCUT2D eigenvalue weighted by Crippen LogP contribution is -2.43. The Morgan fingerprint density at radius 2 is 1.94 bits per heavy atom. The van der Waals surface area contributed by atoms with Gasteiger partial charge in [0.25, 0.3) is 5.56 Å². The Morgan fingerprint density at radius 1 is 1.12 bits per heavy atom. The maximum absolute atomic E-state index is 12.8. The van der Waals surface area contributed by atoms with Gasteiger partial charge in [-0.05, 0) is 43.4 Å². The lowest BCUT2D eigenvalue weighted by atomic mass is 9.96. The molecule has 1 saturated heterocycles. The summed E-state index contributed by atoms with van der Waals surface area (Å²) < 4.78 is 1.47. The summed E-state index contributed by atoms with van der Waals surface area (Å²) in [5.41, 5.74) is 5.21. The molecule has 166 valence electrons. The normalized spacial score (nSPS) is 16.1. The highest BCUT2D eigenvalue weighted by molar-refractivity contribution is 5.79. The van der Waals surface area contributed by atoms with Crippen LogP contribution in [0.5, 0.6) is 0 Å². The molecule has 32 heavy (non-hydrogen) atoms. The van der Waals surface area contributed by atoms with Crippen molar-refractivity contribution < 1.29 is 4.79 Å². The Morgan fingerprint density at radius 3 is 2.72 bits per heavy atom. The van der Waals surface area contributed by atoms with Crippen LogP contribution in [0.15, 0.2) is 65.6 Å². The van der Waals surface area contributed by atoms with Crippen molar-refractivity contribution in [2.45, 2.75) is 39.8 Å². The Balaban J connectivity index is 1.39. The minimum atomic E-state index is -0.132. The van der Waals surface area contributed by atoms with E-state index in [2.05, 4.69) is 47.4 Å². The summed E-state index contributed by atoms with van der Waals surface area (Å²) in [7, 11) is 0. The van der Waals surface area contributed by atoms with Crippen molar-refractivity contribution in [1.82, 2.24) is 15.1 Å². The van der Waals surface area contributed by atoms with Crippen molar-refractivity contribution in [3.05, 3.63) is 93.4 Å². The number of carbonyl (C=O) groups is 1. The third-order valence-corrected chi connectivity index (χ3v) is 6.15. The van der Waals surface area contributed by atoms with E-state index in [9.17, 15) is 9.59 Å². The van der Waals surface area contributed by atoms with Crippen molar-refractivity contribution in [3.63, 3.8) is 0 Å². The van der Waals surface area contributed by atoms with E-state index in [1.807, 2.05) is 30.3 Å². The number of nitrogens with one attached hydrogen (secondary N) is 1. The van der Waals surface area contributed by atoms with E-state index < -0.39 is 0 Å². The van der Waals surface area contributed by atoms with Crippen molar-refractivity contribution in [2.75, 3.05) is 18.0 Å². The summed E-state index contributed by atoms with van der Waals surface area (Å²) >= 11 is 0. The molecule has 2 heterocycles. The van der Waals surface area contributed by atoms with Crippen LogP contribution < -0.4 is 15.8 Å². The number of rotatable bonds is 6. The minimum Gasteiger partial charge on any atom is -0.369 e. The van der Waals surface area contributed by atoms with Crippen molar-refractivity contribution in [2.24, 2.45) is 5.92 Å². The van der Waals surface area contributed by atoms with Crippen LogP contribution >= 0.6 is 0 Å². The van der Waals surface area contributed by atoms with Crippen molar-refractivity contribution >= 4 is 11.6 Å².